The summed E-state index contributed by atoms with van der Waals surface area (Å²) in [6.45, 7) is 5.58. The van der Waals surface area contributed by atoms with Crippen LogP contribution < -0.4 is 5.32 Å². The summed E-state index contributed by atoms with van der Waals surface area (Å²) in [7, 11) is 0. The van der Waals surface area contributed by atoms with E-state index in [0.717, 1.165) is 32.4 Å². The van der Waals surface area contributed by atoms with Crippen molar-refractivity contribution in [1.82, 2.24) is 9.88 Å². The second-order valence-corrected chi connectivity index (χ2v) is 5.75. The van der Waals surface area contributed by atoms with E-state index in [1.165, 1.54) is 0 Å². The molecule has 0 aliphatic carbocycles. The number of carbonyl (C=O) groups is 1. The topological polar surface area (TPSA) is 88.4 Å². The number of rotatable bonds is 5. The van der Waals surface area contributed by atoms with E-state index in [4.69, 9.17) is 0 Å². The lowest BCUT2D eigenvalue weighted by atomic mass is 9.93. The number of pyridine rings is 1. The molecule has 1 fully saturated rings. The Labute approximate surface area is 129 Å². The van der Waals surface area contributed by atoms with Gasteiger partial charge in [-0.15, -0.1) is 0 Å². The van der Waals surface area contributed by atoms with Gasteiger partial charge in [0.15, 0.2) is 0 Å². The normalized spacial score (nSPS) is 15.6. The zero-order chi connectivity index (χ0) is 16.1. The Morgan fingerprint density at radius 2 is 2.18 bits per heavy atom. The second kappa shape index (κ2) is 7.20. The Kier molecular flexibility index (Phi) is 5.30. The fourth-order valence-electron chi connectivity index (χ4n) is 2.84. The molecule has 22 heavy (non-hydrogen) atoms. The van der Waals surface area contributed by atoms with E-state index in [0.29, 0.717) is 23.8 Å². The van der Waals surface area contributed by atoms with Crippen molar-refractivity contribution in [3.05, 3.63) is 27.9 Å². The molecule has 7 heteroatoms. The van der Waals surface area contributed by atoms with Crippen LogP contribution in [0.2, 0.25) is 0 Å². The summed E-state index contributed by atoms with van der Waals surface area (Å²) in [5.41, 5.74) is 0.658. The molecule has 1 amide bonds. The molecule has 1 aliphatic rings. The van der Waals surface area contributed by atoms with Crippen molar-refractivity contribution in [3.63, 3.8) is 0 Å². The van der Waals surface area contributed by atoms with Gasteiger partial charge in [0, 0.05) is 38.3 Å². The minimum atomic E-state index is -0.393. The van der Waals surface area contributed by atoms with E-state index in [9.17, 15) is 14.9 Å². The first-order valence-corrected chi connectivity index (χ1v) is 7.58. The lowest BCUT2D eigenvalue weighted by Crippen LogP contribution is -2.37. The molecule has 1 saturated heterocycles. The van der Waals surface area contributed by atoms with Gasteiger partial charge in [0.25, 0.3) is 0 Å². The minimum Gasteiger partial charge on any atom is -0.364 e. The van der Waals surface area contributed by atoms with E-state index < -0.39 is 4.92 Å². The van der Waals surface area contributed by atoms with Gasteiger partial charge in [-0.3, -0.25) is 14.9 Å². The summed E-state index contributed by atoms with van der Waals surface area (Å²) < 4.78 is 0. The molecule has 0 unspecified atom stereocenters. The van der Waals surface area contributed by atoms with Gasteiger partial charge in [-0.1, -0.05) is 0 Å². The Hall–Kier alpha value is -2.18. The quantitative estimate of drug-likeness (QED) is 0.666. The fraction of sp³-hybridized carbons (Fsp3) is 0.600. The molecular weight excluding hydrogens is 284 g/mol. The van der Waals surface area contributed by atoms with Crippen LogP contribution in [0.3, 0.4) is 0 Å². The molecule has 1 aromatic rings. The lowest BCUT2D eigenvalue weighted by Gasteiger charge is -2.31. The number of aromatic nitrogens is 1. The van der Waals surface area contributed by atoms with Crippen LogP contribution in [0.25, 0.3) is 0 Å². The highest BCUT2D eigenvalue weighted by Crippen LogP contribution is 2.26. The highest BCUT2D eigenvalue weighted by atomic mass is 16.6. The van der Waals surface area contributed by atoms with Crippen LogP contribution in [0.15, 0.2) is 12.3 Å². The van der Waals surface area contributed by atoms with Crippen molar-refractivity contribution in [2.45, 2.75) is 33.1 Å². The van der Waals surface area contributed by atoms with Crippen LogP contribution in [0, 0.1) is 23.0 Å². The van der Waals surface area contributed by atoms with E-state index in [-0.39, 0.29) is 11.6 Å². The van der Waals surface area contributed by atoms with Gasteiger partial charge in [-0.05, 0) is 38.2 Å². The van der Waals surface area contributed by atoms with Crippen molar-refractivity contribution in [3.8, 4) is 0 Å². The molecule has 1 N–H and O–H groups in total. The summed E-state index contributed by atoms with van der Waals surface area (Å²) in [5, 5.41) is 14.2. The molecule has 120 valence electrons. The third-order valence-corrected chi connectivity index (χ3v) is 4.21. The fourth-order valence-corrected chi connectivity index (χ4v) is 2.84. The maximum atomic E-state index is 11.3. The van der Waals surface area contributed by atoms with E-state index in [2.05, 4.69) is 10.3 Å². The Balaban J connectivity index is 1.84. The van der Waals surface area contributed by atoms with Crippen LogP contribution in [0.1, 0.15) is 31.7 Å². The maximum absolute atomic E-state index is 11.3. The molecule has 0 spiro atoms. The van der Waals surface area contributed by atoms with Gasteiger partial charge in [-0.2, -0.15) is 0 Å². The van der Waals surface area contributed by atoms with Crippen LogP contribution in [-0.2, 0) is 4.79 Å². The Morgan fingerprint density at radius 1 is 1.50 bits per heavy atom. The standard InChI is InChI=1S/C15H22N4O3/c1-11-3-7-16-15(14(11)19(21)22)17-8-4-13-5-9-18(10-6-13)12(2)20/h3,7,13H,4-6,8-10H2,1-2H3,(H,16,17). The van der Waals surface area contributed by atoms with Gasteiger partial charge >= 0.3 is 5.69 Å². The number of likely N-dealkylation sites (tertiary alicyclic amines) is 1. The van der Waals surface area contributed by atoms with Gasteiger partial charge in [-0.25, -0.2) is 4.98 Å². The number of nitrogens with one attached hydrogen (secondary N) is 1. The number of hydrogen-bond acceptors (Lipinski definition) is 5. The van der Waals surface area contributed by atoms with Gasteiger partial charge in [0.2, 0.25) is 11.7 Å². The van der Waals surface area contributed by atoms with E-state index in [1.54, 1.807) is 26.1 Å². The van der Waals surface area contributed by atoms with Crippen molar-refractivity contribution in [2.24, 2.45) is 5.92 Å². The number of piperidine rings is 1. The highest BCUT2D eigenvalue weighted by Gasteiger charge is 2.21. The zero-order valence-corrected chi connectivity index (χ0v) is 13.0. The Morgan fingerprint density at radius 3 is 2.77 bits per heavy atom. The SMILES string of the molecule is CC(=O)N1CCC(CCNc2nccc(C)c2[N+](=O)[O-])CC1. The first-order valence-electron chi connectivity index (χ1n) is 7.58. The largest absolute Gasteiger partial charge is 0.364 e. The number of amides is 1. The molecule has 1 aromatic heterocycles. The zero-order valence-electron chi connectivity index (χ0n) is 13.0. The highest BCUT2D eigenvalue weighted by molar-refractivity contribution is 5.73. The predicted octanol–water partition coefficient (Wildman–Crippen LogP) is 2.36. The monoisotopic (exact) mass is 306 g/mol. The molecule has 2 rings (SSSR count). The maximum Gasteiger partial charge on any atom is 0.314 e. The summed E-state index contributed by atoms with van der Waals surface area (Å²) in [5.74, 6) is 1.02. The summed E-state index contributed by atoms with van der Waals surface area (Å²) in [6, 6.07) is 1.64. The van der Waals surface area contributed by atoms with Crippen molar-refractivity contribution < 1.29 is 9.72 Å². The first kappa shape index (κ1) is 16.2. The molecule has 0 atom stereocenters. The van der Waals surface area contributed by atoms with Crippen LogP contribution in [0.4, 0.5) is 11.5 Å². The van der Waals surface area contributed by atoms with Crippen LogP contribution >= 0.6 is 0 Å². The molecule has 0 bridgehead atoms. The van der Waals surface area contributed by atoms with Gasteiger partial charge < -0.3 is 10.2 Å². The number of nitro groups is 1. The minimum absolute atomic E-state index is 0.0499. The lowest BCUT2D eigenvalue weighted by molar-refractivity contribution is -0.384. The molecule has 7 nitrogen and oxygen atoms in total. The third kappa shape index (κ3) is 3.93. The van der Waals surface area contributed by atoms with E-state index >= 15 is 0 Å². The molecule has 1 aliphatic heterocycles. The van der Waals surface area contributed by atoms with Crippen molar-refractivity contribution in [1.29, 1.82) is 0 Å². The second-order valence-electron chi connectivity index (χ2n) is 5.75. The molecule has 2 heterocycles. The van der Waals surface area contributed by atoms with Crippen molar-refractivity contribution >= 4 is 17.4 Å². The number of aryl methyl sites for hydroxylation is 1. The molecule has 0 saturated carbocycles. The summed E-state index contributed by atoms with van der Waals surface area (Å²) in [6.07, 6.45) is 4.49. The summed E-state index contributed by atoms with van der Waals surface area (Å²) in [4.78, 5) is 27.9. The number of anilines is 1. The van der Waals surface area contributed by atoms with Crippen LogP contribution in [0.5, 0.6) is 0 Å². The van der Waals surface area contributed by atoms with Crippen LogP contribution in [-0.4, -0.2) is 40.3 Å². The number of hydrogen-bond donors (Lipinski definition) is 1. The smallest absolute Gasteiger partial charge is 0.314 e. The average molecular weight is 306 g/mol. The number of nitrogens with zero attached hydrogens (tertiary/aromatic N) is 3. The third-order valence-electron chi connectivity index (χ3n) is 4.21. The molecule has 0 radical (unpaired) electrons. The summed E-state index contributed by atoms with van der Waals surface area (Å²) >= 11 is 0. The predicted molar refractivity (Wildman–Crippen MR) is 83.7 cm³/mol. The Bertz CT molecular complexity index is 554. The molecular formula is C15H22N4O3. The van der Waals surface area contributed by atoms with Gasteiger partial charge in [0.1, 0.15) is 0 Å². The first-order chi connectivity index (χ1) is 10.5. The van der Waals surface area contributed by atoms with Gasteiger partial charge in [0.05, 0.1) is 4.92 Å². The number of carbonyl (C=O) groups excluding carboxylic acids is 1. The van der Waals surface area contributed by atoms with Crippen molar-refractivity contribution in [2.75, 3.05) is 25.0 Å². The molecule has 0 aromatic carbocycles. The van der Waals surface area contributed by atoms with E-state index in [1.807, 2.05) is 4.90 Å². The average Bonchev–Trinajstić information content (AvgIpc) is 2.47.